The molecule has 0 bridgehead atoms. The standard InChI is InChI=1S/C26H40N7O7P/c1-6-9-11-37-24(35)17(4)31-41(32-18(5)25(36)38-12-10-7-2)16-39-26(8-3)13-19(34)23(40-26)33-15-30-20-21(27)28-14-29-22(20)33/h3,14-15,17-19,23,31-32,34H,6-7,9-13,16H2,1-2,4-5H3,(H2,27,28,29)/t17-,18-,19+,23+,26-/m0/s1. The van der Waals surface area contributed by atoms with Crippen LogP contribution in [0.15, 0.2) is 12.7 Å². The number of aliphatic hydroxyl groups excluding tert-OH is 1. The molecule has 2 aromatic heterocycles. The van der Waals surface area contributed by atoms with Crippen molar-refractivity contribution in [2.75, 3.05) is 25.3 Å². The summed E-state index contributed by atoms with van der Waals surface area (Å²) in [4.78, 5) is 37.4. The zero-order valence-corrected chi connectivity index (χ0v) is 24.8. The number of ether oxygens (including phenoxy) is 4. The van der Waals surface area contributed by atoms with E-state index in [1.165, 1.54) is 17.2 Å². The van der Waals surface area contributed by atoms with E-state index < -0.39 is 50.4 Å². The van der Waals surface area contributed by atoms with E-state index in [0.717, 1.165) is 25.7 Å². The summed E-state index contributed by atoms with van der Waals surface area (Å²) >= 11 is 0. The molecule has 3 rings (SSSR count). The van der Waals surface area contributed by atoms with Gasteiger partial charge in [0, 0.05) is 6.42 Å². The Labute approximate surface area is 240 Å². The van der Waals surface area contributed by atoms with Gasteiger partial charge in [0.05, 0.1) is 34.1 Å². The van der Waals surface area contributed by atoms with Crippen LogP contribution in [0, 0.1) is 12.3 Å². The number of terminal acetylenes is 1. The largest absolute Gasteiger partial charge is 0.465 e. The summed E-state index contributed by atoms with van der Waals surface area (Å²) < 4.78 is 24.3. The molecule has 1 fully saturated rings. The first-order valence-electron chi connectivity index (χ1n) is 13.7. The average molecular weight is 594 g/mol. The number of hydrogen-bond donors (Lipinski definition) is 4. The molecule has 0 radical (unpaired) electrons. The van der Waals surface area contributed by atoms with E-state index in [-0.39, 0.29) is 18.6 Å². The van der Waals surface area contributed by atoms with E-state index in [9.17, 15) is 14.7 Å². The molecule has 0 unspecified atom stereocenters. The Morgan fingerprint density at radius 2 is 1.80 bits per heavy atom. The fourth-order valence-electron chi connectivity index (χ4n) is 3.96. The number of carbonyl (C=O) groups is 2. The highest BCUT2D eigenvalue weighted by atomic mass is 31.1. The SMILES string of the molecule is C#C[C@@]1(OCP(N[C@@H](C)C(=O)OCCCC)N[C@@H](C)C(=O)OCCCC)C[C@@H](O)[C@H](n2cnc3c(N)ncnc32)O1. The Kier molecular flexibility index (Phi) is 12.2. The normalized spacial score (nSPS) is 22.0. The van der Waals surface area contributed by atoms with Crippen LogP contribution in [0.5, 0.6) is 0 Å². The number of fused-ring (bicyclic) bond motifs is 1. The molecule has 1 saturated heterocycles. The van der Waals surface area contributed by atoms with Gasteiger partial charge in [0.25, 0.3) is 0 Å². The minimum atomic E-state index is -1.61. The van der Waals surface area contributed by atoms with Gasteiger partial charge in [0.2, 0.25) is 5.79 Å². The molecule has 14 nitrogen and oxygen atoms in total. The van der Waals surface area contributed by atoms with Crippen molar-refractivity contribution in [3.8, 4) is 12.3 Å². The second kappa shape index (κ2) is 15.3. The molecule has 0 saturated carbocycles. The molecule has 2 aromatic rings. The lowest BCUT2D eigenvalue weighted by Gasteiger charge is -2.30. The Balaban J connectivity index is 1.72. The Morgan fingerprint density at radius 3 is 2.37 bits per heavy atom. The maximum Gasteiger partial charge on any atom is 0.323 e. The summed E-state index contributed by atoms with van der Waals surface area (Å²) in [5.41, 5.74) is 6.61. The Morgan fingerprint density at radius 1 is 1.20 bits per heavy atom. The monoisotopic (exact) mass is 593 g/mol. The summed E-state index contributed by atoms with van der Waals surface area (Å²) in [5.74, 6) is 0.223. The number of nitrogen functional groups attached to an aromatic ring is 1. The summed E-state index contributed by atoms with van der Waals surface area (Å²) in [6, 6.07) is -1.41. The van der Waals surface area contributed by atoms with Crippen LogP contribution < -0.4 is 15.9 Å². The smallest absolute Gasteiger partial charge is 0.323 e. The third-order valence-electron chi connectivity index (χ3n) is 6.32. The first kappa shape index (κ1) is 32.6. The van der Waals surface area contributed by atoms with Crippen LogP contribution in [0.1, 0.15) is 66.0 Å². The fourth-order valence-corrected chi connectivity index (χ4v) is 5.67. The first-order chi connectivity index (χ1) is 19.6. The molecule has 1 aliphatic heterocycles. The van der Waals surface area contributed by atoms with Gasteiger partial charge in [-0.05, 0) is 32.6 Å². The molecule has 0 aromatic carbocycles. The average Bonchev–Trinajstić information content (AvgIpc) is 3.53. The number of aromatic nitrogens is 4. The minimum Gasteiger partial charge on any atom is -0.465 e. The fraction of sp³-hybridized carbons (Fsp3) is 0.654. The van der Waals surface area contributed by atoms with Crippen molar-refractivity contribution in [2.45, 2.75) is 90.0 Å². The van der Waals surface area contributed by atoms with Crippen LogP contribution in [-0.2, 0) is 28.5 Å². The highest BCUT2D eigenvalue weighted by molar-refractivity contribution is 7.53. The molecule has 5 N–H and O–H groups in total. The second-order valence-corrected chi connectivity index (χ2v) is 11.3. The Hall–Kier alpha value is -2.92. The molecule has 0 amide bonds. The number of nitrogens with two attached hydrogens (primary N) is 1. The summed E-state index contributed by atoms with van der Waals surface area (Å²) in [5, 5.41) is 17.2. The van der Waals surface area contributed by atoms with Crippen molar-refractivity contribution in [1.29, 1.82) is 0 Å². The summed E-state index contributed by atoms with van der Waals surface area (Å²) in [7, 11) is -1.54. The van der Waals surface area contributed by atoms with Gasteiger partial charge in [-0.25, -0.2) is 15.0 Å². The van der Waals surface area contributed by atoms with Crippen molar-refractivity contribution in [2.24, 2.45) is 0 Å². The second-order valence-electron chi connectivity index (χ2n) is 9.71. The highest BCUT2D eigenvalue weighted by Crippen LogP contribution is 2.41. The van der Waals surface area contributed by atoms with Crippen LogP contribution in [0.25, 0.3) is 11.2 Å². The van der Waals surface area contributed by atoms with E-state index in [2.05, 4.69) is 31.0 Å². The van der Waals surface area contributed by atoms with Crippen molar-refractivity contribution in [1.82, 2.24) is 29.7 Å². The van der Waals surface area contributed by atoms with Gasteiger partial charge < -0.3 is 29.8 Å². The van der Waals surface area contributed by atoms with E-state index in [1.54, 1.807) is 13.8 Å². The van der Waals surface area contributed by atoms with Crippen molar-refractivity contribution in [3.05, 3.63) is 12.7 Å². The number of rotatable bonds is 16. The van der Waals surface area contributed by atoms with Gasteiger partial charge in [0.15, 0.2) is 17.7 Å². The van der Waals surface area contributed by atoms with Crippen LogP contribution in [0.4, 0.5) is 5.82 Å². The molecular weight excluding hydrogens is 553 g/mol. The predicted octanol–water partition coefficient (Wildman–Crippen LogP) is 1.95. The van der Waals surface area contributed by atoms with Gasteiger partial charge in [0.1, 0.15) is 30.0 Å². The lowest BCUT2D eigenvalue weighted by Crippen LogP contribution is -2.42. The zero-order chi connectivity index (χ0) is 30.0. The van der Waals surface area contributed by atoms with Crippen molar-refractivity contribution in [3.63, 3.8) is 0 Å². The van der Waals surface area contributed by atoms with Crippen LogP contribution >= 0.6 is 8.22 Å². The number of unbranched alkanes of at least 4 members (excludes halogenated alkanes) is 2. The van der Waals surface area contributed by atoms with Crippen LogP contribution in [0.2, 0.25) is 0 Å². The Bertz CT molecular complexity index is 1180. The number of nitrogens with zero attached hydrogens (tertiary/aromatic N) is 4. The summed E-state index contributed by atoms with van der Waals surface area (Å²) in [6.07, 6.45) is 9.71. The van der Waals surface area contributed by atoms with Gasteiger partial charge >= 0.3 is 11.9 Å². The van der Waals surface area contributed by atoms with E-state index in [4.69, 9.17) is 31.1 Å². The lowest BCUT2D eigenvalue weighted by atomic mass is 10.1. The number of imidazole rings is 1. The molecule has 1 aliphatic rings. The quantitative estimate of drug-likeness (QED) is 0.0959. The minimum absolute atomic E-state index is 0.0548. The first-order valence-corrected chi connectivity index (χ1v) is 15.2. The van der Waals surface area contributed by atoms with Crippen LogP contribution in [0.3, 0.4) is 0 Å². The van der Waals surface area contributed by atoms with Crippen molar-refractivity contribution < 1.29 is 33.6 Å². The molecule has 0 aliphatic carbocycles. The molecule has 5 atom stereocenters. The lowest BCUT2D eigenvalue weighted by molar-refractivity contribution is -0.192. The molecule has 15 heteroatoms. The maximum absolute atomic E-state index is 12.5. The molecule has 226 valence electrons. The molecular formula is C26H40N7O7P. The van der Waals surface area contributed by atoms with Crippen LogP contribution in [-0.4, -0.2) is 80.1 Å². The third-order valence-corrected chi connectivity index (χ3v) is 8.10. The number of esters is 2. The highest BCUT2D eigenvalue weighted by Gasteiger charge is 2.48. The number of anilines is 1. The number of nitrogens with one attached hydrogen (secondary N) is 2. The van der Waals surface area contributed by atoms with Gasteiger partial charge in [-0.1, -0.05) is 26.7 Å². The van der Waals surface area contributed by atoms with E-state index in [1.807, 2.05) is 13.8 Å². The van der Waals surface area contributed by atoms with Gasteiger partial charge in [-0.2, -0.15) is 0 Å². The summed E-state index contributed by atoms with van der Waals surface area (Å²) in [6.45, 7) is 7.96. The van der Waals surface area contributed by atoms with E-state index >= 15 is 0 Å². The number of aliphatic hydroxyl groups is 1. The molecule has 41 heavy (non-hydrogen) atoms. The van der Waals surface area contributed by atoms with Gasteiger partial charge in [-0.3, -0.25) is 24.3 Å². The number of hydrogen-bond acceptors (Lipinski definition) is 13. The van der Waals surface area contributed by atoms with Gasteiger partial charge in [-0.15, -0.1) is 6.42 Å². The molecule has 0 spiro atoms. The third kappa shape index (κ3) is 8.54. The molecule has 3 heterocycles. The predicted molar refractivity (Wildman–Crippen MR) is 152 cm³/mol. The maximum atomic E-state index is 12.5. The number of carbonyl (C=O) groups excluding carboxylic acids is 2. The topological polar surface area (TPSA) is 185 Å². The van der Waals surface area contributed by atoms with Crippen molar-refractivity contribution >= 4 is 37.1 Å². The van der Waals surface area contributed by atoms with E-state index in [0.29, 0.717) is 24.4 Å². The zero-order valence-electron chi connectivity index (χ0n) is 23.9.